The van der Waals surface area contributed by atoms with Crippen molar-refractivity contribution in [3.8, 4) is 0 Å². The molecule has 7 nitrogen and oxygen atoms in total. The van der Waals surface area contributed by atoms with E-state index in [1.54, 1.807) is 11.8 Å². The van der Waals surface area contributed by atoms with Gasteiger partial charge in [-0.05, 0) is 12.8 Å². The summed E-state index contributed by atoms with van der Waals surface area (Å²) in [6.45, 7) is 0.615. The maximum Gasteiger partial charge on any atom is 0.240 e. The molecule has 2 heterocycles. The predicted molar refractivity (Wildman–Crippen MR) is 71.1 cm³/mol. The molecule has 0 aromatic heterocycles. The minimum Gasteiger partial charge on any atom is -0.368 e. The van der Waals surface area contributed by atoms with Gasteiger partial charge in [0.2, 0.25) is 17.7 Å². The van der Waals surface area contributed by atoms with Gasteiger partial charge in [0.25, 0.3) is 0 Å². The maximum atomic E-state index is 11.9. The zero-order chi connectivity index (χ0) is 13.8. The number of carbonyl (C=O) groups is 3. The molecule has 2 aliphatic heterocycles. The second kappa shape index (κ2) is 6.25. The van der Waals surface area contributed by atoms with Gasteiger partial charge in [-0.1, -0.05) is 0 Å². The van der Waals surface area contributed by atoms with Gasteiger partial charge in [-0.2, -0.15) is 0 Å². The predicted octanol–water partition coefficient (Wildman–Crippen LogP) is -1.85. The molecule has 0 saturated carbocycles. The van der Waals surface area contributed by atoms with E-state index >= 15 is 0 Å². The molecule has 2 rings (SSSR count). The van der Waals surface area contributed by atoms with Crippen LogP contribution in [-0.4, -0.2) is 48.0 Å². The normalized spacial score (nSPS) is 27.9. The highest BCUT2D eigenvalue weighted by atomic mass is 32.2. The Bertz CT molecular complexity index is 384. The van der Waals surface area contributed by atoms with Gasteiger partial charge in [-0.15, -0.1) is 11.8 Å². The number of carbonyl (C=O) groups excluding carboxylic acids is 3. The van der Waals surface area contributed by atoms with Crippen LogP contribution in [0.3, 0.4) is 0 Å². The summed E-state index contributed by atoms with van der Waals surface area (Å²) in [5.74, 6) is 0.260. The molecule has 2 aliphatic rings. The Hall–Kier alpha value is -1.28. The Balaban J connectivity index is 1.90. The van der Waals surface area contributed by atoms with Crippen molar-refractivity contribution in [1.29, 1.82) is 0 Å². The van der Waals surface area contributed by atoms with Crippen LogP contribution >= 0.6 is 11.8 Å². The number of primary amides is 1. The molecule has 19 heavy (non-hydrogen) atoms. The smallest absolute Gasteiger partial charge is 0.240 e. The van der Waals surface area contributed by atoms with Crippen molar-refractivity contribution in [2.75, 3.05) is 18.2 Å². The van der Waals surface area contributed by atoms with Crippen LogP contribution in [0.1, 0.15) is 12.8 Å². The molecule has 0 unspecified atom stereocenters. The molecule has 3 amide bonds. The summed E-state index contributed by atoms with van der Waals surface area (Å²) >= 11 is 1.63. The summed E-state index contributed by atoms with van der Waals surface area (Å²) in [5, 5.41) is 8.36. The summed E-state index contributed by atoms with van der Waals surface area (Å²) < 4.78 is 0. The van der Waals surface area contributed by atoms with Gasteiger partial charge in [0, 0.05) is 24.1 Å². The van der Waals surface area contributed by atoms with Gasteiger partial charge in [-0.25, -0.2) is 0 Å². The second-order valence-corrected chi connectivity index (χ2v) is 5.78. The highest BCUT2D eigenvalue weighted by molar-refractivity contribution is 7.99. The number of nitrogens with one attached hydrogen (secondary N) is 3. The lowest BCUT2D eigenvalue weighted by atomic mass is 9.98. The van der Waals surface area contributed by atoms with Crippen molar-refractivity contribution in [3.63, 3.8) is 0 Å². The lowest BCUT2D eigenvalue weighted by molar-refractivity contribution is -0.129. The molecule has 0 aromatic carbocycles. The lowest BCUT2D eigenvalue weighted by Crippen LogP contribution is -2.51. The Morgan fingerprint density at radius 1 is 1.53 bits per heavy atom. The van der Waals surface area contributed by atoms with Crippen molar-refractivity contribution in [2.45, 2.75) is 24.9 Å². The molecule has 8 heteroatoms. The first-order valence-electron chi connectivity index (χ1n) is 6.26. The minimum absolute atomic E-state index is 0.0740. The van der Waals surface area contributed by atoms with Crippen LogP contribution in [0.25, 0.3) is 0 Å². The summed E-state index contributed by atoms with van der Waals surface area (Å²) in [4.78, 5) is 34.8. The number of rotatable bonds is 5. The first kappa shape index (κ1) is 14.1. The van der Waals surface area contributed by atoms with Gasteiger partial charge >= 0.3 is 0 Å². The Kier molecular flexibility index (Phi) is 4.65. The molecular weight excluding hydrogens is 268 g/mol. The molecule has 0 aliphatic carbocycles. The third-order valence-electron chi connectivity index (χ3n) is 3.38. The summed E-state index contributed by atoms with van der Waals surface area (Å²) in [6, 6.07) is -1.07. The number of hydrogen-bond donors (Lipinski definition) is 4. The summed E-state index contributed by atoms with van der Waals surface area (Å²) in [6.07, 6.45) is 0.947. The monoisotopic (exact) mass is 286 g/mol. The standard InChI is InChI=1S/C11H18N4O3S/c12-9(16)7(3-6-1-2-13-10(6)17)15-11(18)8-4-19-5-14-8/h6-8,14H,1-5H2,(H2,12,16)(H,13,17)(H,15,18)/t6-,7-,8-/m0/s1. The first-order valence-corrected chi connectivity index (χ1v) is 7.42. The van der Waals surface area contributed by atoms with E-state index in [1.807, 2.05) is 0 Å². The van der Waals surface area contributed by atoms with Gasteiger partial charge in [0.05, 0.1) is 6.04 Å². The van der Waals surface area contributed by atoms with Crippen molar-refractivity contribution in [2.24, 2.45) is 11.7 Å². The van der Waals surface area contributed by atoms with E-state index in [0.717, 1.165) is 5.88 Å². The van der Waals surface area contributed by atoms with E-state index in [0.29, 0.717) is 18.7 Å². The van der Waals surface area contributed by atoms with E-state index in [9.17, 15) is 14.4 Å². The number of hydrogen-bond acceptors (Lipinski definition) is 5. The molecule has 5 N–H and O–H groups in total. The molecular formula is C11H18N4O3S. The quantitative estimate of drug-likeness (QED) is 0.473. The number of amides is 3. The largest absolute Gasteiger partial charge is 0.368 e. The summed E-state index contributed by atoms with van der Waals surface area (Å²) in [7, 11) is 0. The zero-order valence-corrected chi connectivity index (χ0v) is 11.3. The lowest BCUT2D eigenvalue weighted by Gasteiger charge is -2.19. The van der Waals surface area contributed by atoms with Crippen molar-refractivity contribution in [1.82, 2.24) is 16.0 Å². The third-order valence-corrected chi connectivity index (χ3v) is 4.32. The fourth-order valence-corrected chi connectivity index (χ4v) is 3.18. The molecule has 2 fully saturated rings. The van der Waals surface area contributed by atoms with E-state index < -0.39 is 11.9 Å². The Morgan fingerprint density at radius 2 is 2.32 bits per heavy atom. The molecule has 106 valence electrons. The average molecular weight is 286 g/mol. The second-order valence-electron chi connectivity index (χ2n) is 4.75. The van der Waals surface area contributed by atoms with E-state index in [2.05, 4.69) is 16.0 Å². The van der Waals surface area contributed by atoms with E-state index in [4.69, 9.17) is 5.73 Å². The minimum atomic E-state index is -0.784. The van der Waals surface area contributed by atoms with Gasteiger partial charge in [0.1, 0.15) is 6.04 Å². The molecule has 0 radical (unpaired) electrons. The van der Waals surface area contributed by atoms with Crippen molar-refractivity contribution < 1.29 is 14.4 Å². The van der Waals surface area contributed by atoms with Crippen LogP contribution < -0.4 is 21.7 Å². The topological polar surface area (TPSA) is 113 Å². The highest BCUT2D eigenvalue weighted by Crippen LogP contribution is 2.16. The van der Waals surface area contributed by atoms with E-state index in [1.165, 1.54) is 0 Å². The van der Waals surface area contributed by atoms with Gasteiger partial charge in [0.15, 0.2) is 0 Å². The molecule has 2 saturated heterocycles. The highest BCUT2D eigenvalue weighted by Gasteiger charge is 2.32. The molecule has 0 aromatic rings. The molecule has 0 bridgehead atoms. The molecule has 0 spiro atoms. The zero-order valence-electron chi connectivity index (χ0n) is 10.5. The fraction of sp³-hybridized carbons (Fsp3) is 0.727. The van der Waals surface area contributed by atoms with Crippen LogP contribution in [0.5, 0.6) is 0 Å². The van der Waals surface area contributed by atoms with Crippen LogP contribution in [0.4, 0.5) is 0 Å². The first-order chi connectivity index (χ1) is 9.08. The van der Waals surface area contributed by atoms with Gasteiger partial charge < -0.3 is 16.4 Å². The Labute approximate surface area is 115 Å². The van der Waals surface area contributed by atoms with Crippen LogP contribution in [0, 0.1) is 5.92 Å². The van der Waals surface area contributed by atoms with Crippen LogP contribution in [0.15, 0.2) is 0 Å². The Morgan fingerprint density at radius 3 is 2.84 bits per heavy atom. The molecule has 3 atom stereocenters. The number of nitrogens with two attached hydrogens (primary N) is 1. The SMILES string of the molecule is NC(=O)[C@H](C[C@@H]1CCNC1=O)NC(=O)[C@@H]1CSCN1. The van der Waals surface area contributed by atoms with Gasteiger partial charge in [-0.3, -0.25) is 19.7 Å². The van der Waals surface area contributed by atoms with Crippen LogP contribution in [-0.2, 0) is 14.4 Å². The average Bonchev–Trinajstić information content (AvgIpc) is 3.00. The maximum absolute atomic E-state index is 11.9. The van der Waals surface area contributed by atoms with Crippen molar-refractivity contribution >= 4 is 29.5 Å². The van der Waals surface area contributed by atoms with Crippen molar-refractivity contribution in [3.05, 3.63) is 0 Å². The number of thioether (sulfide) groups is 1. The van der Waals surface area contributed by atoms with E-state index in [-0.39, 0.29) is 30.2 Å². The fourth-order valence-electron chi connectivity index (χ4n) is 2.24. The summed E-state index contributed by atoms with van der Waals surface area (Å²) in [5.41, 5.74) is 5.30. The van der Waals surface area contributed by atoms with Crippen LogP contribution in [0.2, 0.25) is 0 Å². The third kappa shape index (κ3) is 3.60.